The van der Waals surface area contributed by atoms with Gasteiger partial charge in [0.15, 0.2) is 29.6 Å². The molecule has 1 aliphatic carbocycles. The zero-order chi connectivity index (χ0) is 35.7. The van der Waals surface area contributed by atoms with Crippen LogP contribution in [0.4, 0.5) is 5.69 Å². The Hall–Kier alpha value is -4.48. The Morgan fingerprint density at radius 2 is 1.86 bits per heavy atom. The summed E-state index contributed by atoms with van der Waals surface area (Å²) in [7, 11) is 6.08. The van der Waals surface area contributed by atoms with Crippen LogP contribution in [-0.4, -0.2) is 72.6 Å². The number of rotatable bonds is 10. The largest absolute Gasteiger partial charge is 0.493 e. The van der Waals surface area contributed by atoms with Crippen molar-refractivity contribution in [2.75, 3.05) is 40.5 Å². The van der Waals surface area contributed by atoms with Crippen LogP contribution in [0.15, 0.2) is 41.7 Å². The van der Waals surface area contributed by atoms with Gasteiger partial charge in [-0.1, -0.05) is 28.9 Å². The minimum absolute atomic E-state index is 0.0362. The van der Waals surface area contributed by atoms with E-state index >= 15 is 0 Å². The molecule has 16 heteroatoms. The van der Waals surface area contributed by atoms with Crippen LogP contribution in [0, 0.1) is 9.49 Å². The van der Waals surface area contributed by atoms with E-state index in [2.05, 4.69) is 43.4 Å². The van der Waals surface area contributed by atoms with Gasteiger partial charge in [-0.05, 0) is 77.7 Å². The van der Waals surface area contributed by atoms with Crippen LogP contribution in [0.2, 0.25) is 5.02 Å². The summed E-state index contributed by atoms with van der Waals surface area (Å²) in [6.07, 6.45) is 1.97. The Balaban J connectivity index is 1.37. The van der Waals surface area contributed by atoms with Crippen LogP contribution in [-0.2, 0) is 29.2 Å². The highest BCUT2D eigenvalue weighted by atomic mass is 127. The quantitative estimate of drug-likeness (QED) is 0.155. The second-order valence-electron chi connectivity index (χ2n) is 11.8. The summed E-state index contributed by atoms with van der Waals surface area (Å²) in [5, 5.41) is 28.1. The number of hydrogen-bond donors (Lipinski definition) is 2. The number of hydrogen-bond acceptors (Lipinski definition) is 12. The summed E-state index contributed by atoms with van der Waals surface area (Å²) in [6, 6.07) is 8.94. The monoisotopic (exact) mass is 819 g/mol. The topological polar surface area (TPSA) is 157 Å². The smallest absolute Gasteiger partial charge is 0.246 e. The fourth-order valence-corrected chi connectivity index (χ4v) is 6.94. The number of aromatic nitrogens is 3. The minimum Gasteiger partial charge on any atom is -0.493 e. The number of fused-ring (bicyclic) bond motifs is 4. The molecular formula is C34H35ClIN5O9. The van der Waals surface area contributed by atoms with Crippen LogP contribution in [0.3, 0.4) is 0 Å². The van der Waals surface area contributed by atoms with E-state index in [1.54, 1.807) is 38.4 Å². The maximum absolute atomic E-state index is 12.7. The number of oxime groups is 1. The van der Waals surface area contributed by atoms with E-state index in [1.807, 2.05) is 19.1 Å². The van der Waals surface area contributed by atoms with Gasteiger partial charge in [0.25, 0.3) is 0 Å². The lowest BCUT2D eigenvalue weighted by Gasteiger charge is -2.36. The zero-order valence-electron chi connectivity index (χ0n) is 28.1. The average Bonchev–Trinajstić information content (AvgIpc) is 3.75. The SMILES string of the molecule is COc1cc2c(c(OC)c1OC)-c1c(cc3c(c1OC)OCO3)C[C@H](C)[C@@](C)(O)/C2=N/OCc1cn(CC(=O)Nc2ccc(I)cc2Cl)nn1. The number of benzene rings is 3. The molecule has 0 saturated carbocycles. The lowest BCUT2D eigenvalue weighted by atomic mass is 9.73. The fourth-order valence-electron chi connectivity index (χ4n) is 6.03. The molecule has 0 fully saturated rings. The Labute approximate surface area is 306 Å². The van der Waals surface area contributed by atoms with Crippen molar-refractivity contribution in [2.24, 2.45) is 11.1 Å². The molecule has 2 N–H and O–H groups in total. The molecular weight excluding hydrogens is 785 g/mol. The van der Waals surface area contributed by atoms with Gasteiger partial charge < -0.3 is 43.7 Å². The number of nitrogens with zero attached hydrogens (tertiary/aromatic N) is 4. The highest BCUT2D eigenvalue weighted by molar-refractivity contribution is 14.1. The summed E-state index contributed by atoms with van der Waals surface area (Å²) < 4.78 is 37.3. The standard InChI is InChI=1S/C34H35ClIN5O9/c1-17-9-18-10-25-30(49-16-48-25)31(46-5)27(18)28-21(12-24(44-3)29(45-4)32(28)47-6)33(34(17,2)43)39-50-15-20-13-41(40-38-20)14-26(42)37-23-8-7-19(36)11-22(23)35/h7-8,10-13,17,43H,9,14-16H2,1-6H3,(H,37,42)/b39-33+/t17-,34+/m0/s1. The van der Waals surface area contributed by atoms with Gasteiger partial charge >= 0.3 is 0 Å². The van der Waals surface area contributed by atoms with Crippen molar-refractivity contribution in [2.45, 2.75) is 39.0 Å². The number of carbonyl (C=O) groups is 1. The molecule has 264 valence electrons. The van der Waals surface area contributed by atoms with Crippen molar-refractivity contribution < 1.29 is 43.2 Å². The summed E-state index contributed by atoms with van der Waals surface area (Å²) in [5.41, 5.74) is 2.02. The molecule has 0 unspecified atom stereocenters. The van der Waals surface area contributed by atoms with Crippen molar-refractivity contribution in [1.29, 1.82) is 0 Å². The molecule has 2 aliphatic rings. The Bertz CT molecular complexity index is 1980. The number of anilines is 1. The summed E-state index contributed by atoms with van der Waals surface area (Å²) >= 11 is 8.40. The van der Waals surface area contributed by atoms with Crippen molar-refractivity contribution >= 4 is 51.5 Å². The highest BCUT2D eigenvalue weighted by Gasteiger charge is 2.43. The molecule has 6 rings (SSSR count). The fraction of sp³-hybridized carbons (Fsp3) is 0.353. The van der Waals surface area contributed by atoms with Gasteiger partial charge in [0.1, 0.15) is 23.6 Å². The minimum atomic E-state index is -1.53. The third-order valence-electron chi connectivity index (χ3n) is 8.67. The number of carbonyl (C=O) groups excluding carboxylic acids is 1. The third-order valence-corrected chi connectivity index (χ3v) is 9.65. The zero-order valence-corrected chi connectivity index (χ0v) is 31.0. The van der Waals surface area contributed by atoms with Crippen LogP contribution in [0.1, 0.15) is 30.7 Å². The van der Waals surface area contributed by atoms with Gasteiger partial charge in [-0.2, -0.15) is 0 Å². The van der Waals surface area contributed by atoms with E-state index in [4.69, 9.17) is 44.9 Å². The number of amides is 1. The van der Waals surface area contributed by atoms with Gasteiger partial charge in [0, 0.05) is 20.3 Å². The van der Waals surface area contributed by atoms with Crippen LogP contribution >= 0.6 is 34.2 Å². The van der Waals surface area contributed by atoms with Crippen molar-refractivity contribution in [1.82, 2.24) is 15.0 Å². The normalized spacial score (nSPS) is 18.4. The van der Waals surface area contributed by atoms with E-state index in [-0.39, 0.29) is 37.5 Å². The molecule has 0 saturated heterocycles. The van der Waals surface area contributed by atoms with Crippen molar-refractivity contribution in [3.63, 3.8) is 0 Å². The van der Waals surface area contributed by atoms with E-state index < -0.39 is 5.60 Å². The van der Waals surface area contributed by atoms with E-state index in [0.717, 1.165) is 9.13 Å². The second-order valence-corrected chi connectivity index (χ2v) is 13.4. The highest BCUT2D eigenvalue weighted by Crippen LogP contribution is 2.57. The molecule has 50 heavy (non-hydrogen) atoms. The predicted molar refractivity (Wildman–Crippen MR) is 192 cm³/mol. The number of aliphatic hydroxyl groups is 1. The summed E-state index contributed by atoms with van der Waals surface area (Å²) in [6.45, 7) is 3.41. The van der Waals surface area contributed by atoms with Crippen molar-refractivity contribution in [3.8, 4) is 45.6 Å². The van der Waals surface area contributed by atoms with Gasteiger partial charge in [-0.25, -0.2) is 4.68 Å². The maximum atomic E-state index is 12.7. The molecule has 1 aliphatic heterocycles. The first-order valence-corrected chi connectivity index (χ1v) is 16.9. The Morgan fingerprint density at radius 1 is 1.10 bits per heavy atom. The van der Waals surface area contributed by atoms with Crippen molar-refractivity contribution in [3.05, 3.63) is 61.9 Å². The molecule has 4 aromatic rings. The molecule has 14 nitrogen and oxygen atoms in total. The molecule has 0 spiro atoms. The maximum Gasteiger partial charge on any atom is 0.246 e. The van der Waals surface area contributed by atoms with Crippen LogP contribution in [0.5, 0.6) is 34.5 Å². The summed E-state index contributed by atoms with van der Waals surface area (Å²) in [4.78, 5) is 18.5. The Kier molecular flexibility index (Phi) is 10.2. The lowest BCUT2D eigenvalue weighted by Crippen LogP contribution is -2.44. The molecule has 3 aromatic carbocycles. The van der Waals surface area contributed by atoms with E-state index in [9.17, 15) is 9.90 Å². The molecule has 2 heterocycles. The van der Waals surface area contributed by atoms with E-state index in [0.29, 0.717) is 74.0 Å². The number of ether oxygens (including phenoxy) is 6. The van der Waals surface area contributed by atoms with Crippen LogP contribution in [0.25, 0.3) is 11.1 Å². The average molecular weight is 820 g/mol. The predicted octanol–water partition coefficient (Wildman–Crippen LogP) is 5.47. The van der Waals surface area contributed by atoms with Crippen LogP contribution < -0.4 is 33.7 Å². The lowest BCUT2D eigenvalue weighted by molar-refractivity contribution is -0.116. The first-order valence-electron chi connectivity index (χ1n) is 15.4. The van der Waals surface area contributed by atoms with Gasteiger partial charge in [-0.3, -0.25) is 4.79 Å². The first-order chi connectivity index (χ1) is 24.0. The van der Waals surface area contributed by atoms with E-state index in [1.165, 1.54) is 26.0 Å². The summed E-state index contributed by atoms with van der Waals surface area (Å²) in [5.74, 6) is 1.69. The van der Waals surface area contributed by atoms with Gasteiger partial charge in [0.05, 0.1) is 45.3 Å². The Morgan fingerprint density at radius 3 is 2.56 bits per heavy atom. The van der Waals surface area contributed by atoms with Gasteiger partial charge in [0.2, 0.25) is 24.2 Å². The molecule has 0 bridgehead atoms. The molecule has 0 radical (unpaired) electrons. The number of methoxy groups -OCH3 is 4. The number of halogens is 2. The molecule has 1 amide bonds. The number of nitrogens with one attached hydrogen (secondary N) is 1. The second kappa shape index (κ2) is 14.4. The third kappa shape index (κ3) is 6.56. The first kappa shape index (κ1) is 35.3. The molecule has 1 aromatic heterocycles. The molecule has 2 atom stereocenters. The van der Waals surface area contributed by atoms with Gasteiger partial charge in [-0.15, -0.1) is 5.10 Å².